The molecule has 0 aliphatic carbocycles. The Morgan fingerprint density at radius 1 is 1.03 bits per heavy atom. The Morgan fingerprint density at radius 2 is 1.84 bits per heavy atom. The van der Waals surface area contributed by atoms with Crippen LogP contribution >= 0.6 is 34.8 Å². The summed E-state index contributed by atoms with van der Waals surface area (Å²) in [5.41, 5.74) is 0.409. The summed E-state index contributed by atoms with van der Waals surface area (Å²) in [6, 6.07) is 12.9. The average molecular weight is 495 g/mol. The first-order chi connectivity index (χ1) is 15.4. The third kappa shape index (κ3) is 5.21. The first kappa shape index (κ1) is 22.1. The van der Waals surface area contributed by atoms with E-state index < -0.39 is 11.7 Å². The molecule has 164 valence electrons. The molecule has 0 unspecified atom stereocenters. The first-order valence-corrected chi connectivity index (χ1v) is 10.4. The normalized spacial score (nSPS) is 10.9. The Morgan fingerprint density at radius 3 is 2.62 bits per heavy atom. The van der Waals surface area contributed by atoms with Gasteiger partial charge in [-0.3, -0.25) is 9.48 Å². The van der Waals surface area contributed by atoms with Gasteiger partial charge in [-0.2, -0.15) is 10.2 Å². The molecule has 0 spiro atoms. The number of benzene rings is 2. The van der Waals surface area contributed by atoms with Crippen molar-refractivity contribution in [2.75, 3.05) is 5.32 Å². The van der Waals surface area contributed by atoms with Gasteiger partial charge in [0.1, 0.15) is 16.6 Å². The predicted octanol–water partition coefficient (Wildman–Crippen LogP) is 5.52. The molecule has 4 rings (SSSR count). The highest BCUT2D eigenvalue weighted by atomic mass is 35.5. The van der Waals surface area contributed by atoms with Gasteiger partial charge in [-0.15, -0.1) is 0 Å². The molecule has 1 N–H and O–H groups in total. The number of halogens is 4. The van der Waals surface area contributed by atoms with Crippen molar-refractivity contribution in [3.05, 3.63) is 93.1 Å². The second kappa shape index (κ2) is 9.60. The van der Waals surface area contributed by atoms with Gasteiger partial charge in [0, 0.05) is 28.0 Å². The van der Waals surface area contributed by atoms with Crippen LogP contribution in [-0.4, -0.2) is 25.5 Å². The van der Waals surface area contributed by atoms with Crippen LogP contribution in [-0.2, 0) is 13.3 Å². The molecule has 0 saturated heterocycles. The summed E-state index contributed by atoms with van der Waals surface area (Å²) in [6.45, 7) is 0.142. The lowest BCUT2D eigenvalue weighted by molar-refractivity contribution is 0.101. The molecule has 0 radical (unpaired) electrons. The van der Waals surface area contributed by atoms with Gasteiger partial charge in [0.2, 0.25) is 0 Å². The first-order valence-electron chi connectivity index (χ1n) is 9.28. The fourth-order valence-electron chi connectivity index (χ4n) is 2.83. The molecule has 2 aromatic heterocycles. The lowest BCUT2D eigenvalue weighted by Gasteiger charge is -2.06. The van der Waals surface area contributed by atoms with Crippen LogP contribution in [0.15, 0.2) is 60.9 Å². The van der Waals surface area contributed by atoms with Crippen molar-refractivity contribution in [3.8, 4) is 5.75 Å². The van der Waals surface area contributed by atoms with E-state index in [1.165, 1.54) is 33.8 Å². The minimum Gasteiger partial charge on any atom is -0.471 e. The van der Waals surface area contributed by atoms with Crippen LogP contribution in [0.3, 0.4) is 0 Å². The Bertz CT molecular complexity index is 1250. The number of ether oxygens (including phenoxy) is 1. The molecular weight excluding hydrogens is 480 g/mol. The minimum absolute atomic E-state index is 0.0521. The van der Waals surface area contributed by atoms with Crippen molar-refractivity contribution in [2.24, 2.45) is 0 Å². The molecule has 0 fully saturated rings. The molecule has 0 atom stereocenters. The van der Waals surface area contributed by atoms with E-state index in [-0.39, 0.29) is 40.4 Å². The number of carbonyl (C=O) groups excluding carboxylic acids is 1. The number of nitrogens with zero attached hydrogens (tertiary/aromatic N) is 4. The largest absolute Gasteiger partial charge is 0.471 e. The number of anilines is 1. The van der Waals surface area contributed by atoms with Crippen molar-refractivity contribution in [2.45, 2.75) is 13.3 Å². The molecule has 11 heteroatoms. The van der Waals surface area contributed by atoms with Crippen molar-refractivity contribution in [1.29, 1.82) is 0 Å². The minimum atomic E-state index is -0.512. The zero-order chi connectivity index (χ0) is 22.7. The highest BCUT2D eigenvalue weighted by molar-refractivity contribution is 6.33. The Balaban J connectivity index is 1.40. The second-order valence-corrected chi connectivity index (χ2v) is 7.90. The van der Waals surface area contributed by atoms with Crippen LogP contribution in [0.25, 0.3) is 0 Å². The molecule has 7 nitrogen and oxygen atoms in total. The summed E-state index contributed by atoms with van der Waals surface area (Å²) in [5, 5.41) is 12.0. The zero-order valence-electron chi connectivity index (χ0n) is 16.3. The summed E-state index contributed by atoms with van der Waals surface area (Å²) < 4.78 is 22.4. The van der Waals surface area contributed by atoms with E-state index in [2.05, 4.69) is 15.5 Å². The number of nitrogens with one attached hydrogen (secondary N) is 1. The van der Waals surface area contributed by atoms with E-state index in [4.69, 9.17) is 39.5 Å². The number of rotatable bonds is 7. The van der Waals surface area contributed by atoms with Crippen molar-refractivity contribution in [1.82, 2.24) is 19.6 Å². The van der Waals surface area contributed by atoms with Gasteiger partial charge >= 0.3 is 0 Å². The Labute approximate surface area is 197 Å². The van der Waals surface area contributed by atoms with Crippen molar-refractivity contribution >= 4 is 46.5 Å². The van der Waals surface area contributed by atoms with E-state index in [9.17, 15) is 9.18 Å². The van der Waals surface area contributed by atoms with Gasteiger partial charge in [-0.25, -0.2) is 9.07 Å². The van der Waals surface area contributed by atoms with Gasteiger partial charge in [-0.05, 0) is 36.4 Å². The molecule has 0 aliphatic rings. The summed E-state index contributed by atoms with van der Waals surface area (Å²) in [6.07, 6.45) is 3.07. The molecule has 0 saturated carbocycles. The Hall–Kier alpha value is -3.07. The quantitative estimate of drug-likeness (QED) is 0.367. The maximum absolute atomic E-state index is 14.0. The number of carbonyl (C=O) groups is 1. The number of amides is 1. The summed E-state index contributed by atoms with van der Waals surface area (Å²) in [5.74, 6) is -0.275. The van der Waals surface area contributed by atoms with Gasteiger partial charge in [0.25, 0.3) is 5.91 Å². The van der Waals surface area contributed by atoms with E-state index in [0.717, 1.165) is 0 Å². The third-order valence-corrected chi connectivity index (χ3v) is 5.23. The monoisotopic (exact) mass is 493 g/mol. The molecule has 2 heterocycles. The number of hydrogen-bond acceptors (Lipinski definition) is 4. The molecule has 2 aromatic carbocycles. The highest BCUT2D eigenvalue weighted by Gasteiger charge is 2.16. The molecule has 0 bridgehead atoms. The predicted molar refractivity (Wildman–Crippen MR) is 120 cm³/mol. The topological polar surface area (TPSA) is 74.0 Å². The molecule has 4 aromatic rings. The lowest BCUT2D eigenvalue weighted by Crippen LogP contribution is -2.15. The van der Waals surface area contributed by atoms with Gasteiger partial charge in [-0.1, -0.05) is 46.9 Å². The molecular formula is C21H15Cl3FN5O2. The van der Waals surface area contributed by atoms with E-state index in [1.807, 2.05) is 0 Å². The van der Waals surface area contributed by atoms with E-state index >= 15 is 0 Å². The summed E-state index contributed by atoms with van der Waals surface area (Å²) >= 11 is 18.2. The Kier molecular flexibility index (Phi) is 6.64. The fourth-order valence-corrected chi connectivity index (χ4v) is 3.43. The van der Waals surface area contributed by atoms with Crippen molar-refractivity contribution < 1.29 is 13.9 Å². The molecule has 0 aliphatic heterocycles. The maximum atomic E-state index is 14.0. The van der Waals surface area contributed by atoms with Gasteiger partial charge < -0.3 is 10.1 Å². The zero-order valence-corrected chi connectivity index (χ0v) is 18.6. The maximum Gasteiger partial charge on any atom is 0.277 e. The van der Waals surface area contributed by atoms with Crippen LogP contribution in [0.2, 0.25) is 15.1 Å². The molecule has 32 heavy (non-hydrogen) atoms. The summed E-state index contributed by atoms with van der Waals surface area (Å²) in [7, 11) is 0. The van der Waals surface area contributed by atoms with E-state index in [1.54, 1.807) is 36.5 Å². The van der Waals surface area contributed by atoms with E-state index in [0.29, 0.717) is 10.8 Å². The smallest absolute Gasteiger partial charge is 0.277 e. The second-order valence-electron chi connectivity index (χ2n) is 6.65. The summed E-state index contributed by atoms with van der Waals surface area (Å²) in [4.78, 5) is 12.5. The highest BCUT2D eigenvalue weighted by Crippen LogP contribution is 2.24. The van der Waals surface area contributed by atoms with Crippen LogP contribution in [0.1, 0.15) is 16.1 Å². The van der Waals surface area contributed by atoms with Gasteiger partial charge in [0.15, 0.2) is 18.2 Å². The van der Waals surface area contributed by atoms with Crippen LogP contribution < -0.4 is 10.1 Å². The SMILES string of the molecule is O=C(Nc1nn(Cc2c(F)cccc2Cl)cc1Cl)c1ccn(COc2cccc(Cl)c2)n1. The third-order valence-electron chi connectivity index (χ3n) is 4.36. The number of hydrogen-bond donors (Lipinski definition) is 1. The van der Waals surface area contributed by atoms with Crippen LogP contribution in [0, 0.1) is 5.82 Å². The van der Waals surface area contributed by atoms with Gasteiger partial charge in [0.05, 0.1) is 6.54 Å². The molecule has 1 amide bonds. The standard InChI is InChI=1S/C21H15Cl3FN5O2/c22-13-3-1-4-14(9-13)32-12-29-8-7-19(27-29)21(31)26-20-17(24)11-30(28-20)10-15-16(23)5-2-6-18(15)25/h1-9,11H,10,12H2,(H,26,28,31). The van der Waals surface area contributed by atoms with Crippen LogP contribution in [0.4, 0.5) is 10.2 Å². The lowest BCUT2D eigenvalue weighted by atomic mass is 10.2. The van der Waals surface area contributed by atoms with Crippen LogP contribution in [0.5, 0.6) is 5.75 Å². The van der Waals surface area contributed by atoms with Crippen molar-refractivity contribution in [3.63, 3.8) is 0 Å². The average Bonchev–Trinajstić information content (AvgIpc) is 3.36. The fraction of sp³-hybridized carbons (Fsp3) is 0.0952. The number of aromatic nitrogens is 4.